The van der Waals surface area contributed by atoms with E-state index >= 15 is 0 Å². The Balaban J connectivity index is 1.34. The van der Waals surface area contributed by atoms with Gasteiger partial charge in [-0.05, 0) is 44.0 Å². The van der Waals surface area contributed by atoms with Crippen molar-refractivity contribution in [1.29, 1.82) is 0 Å². The molecule has 214 valence electrons. The molecular weight excluding hydrogens is 588 g/mol. The number of anilines is 1. The number of carbonyl (C=O) groups excluding carboxylic acids is 3. The van der Waals surface area contributed by atoms with E-state index in [1.165, 1.54) is 0 Å². The quantitative estimate of drug-likeness (QED) is 0.315. The average Bonchev–Trinajstić information content (AvgIpc) is 3.52. The second kappa shape index (κ2) is 12.3. The van der Waals surface area contributed by atoms with Crippen LogP contribution in [0.25, 0.3) is 0 Å². The number of alkyl halides is 1. The zero-order chi connectivity index (χ0) is 27.6. The fraction of sp³-hybridized carbons (Fsp3) is 0.667. The zero-order valence-electron chi connectivity index (χ0n) is 22.1. The molecule has 6 atom stereocenters. The number of ether oxygens (including phenoxy) is 2. The largest absolute Gasteiger partial charge is 0.494 e. The van der Waals surface area contributed by atoms with Crippen molar-refractivity contribution >= 4 is 51.1 Å². The van der Waals surface area contributed by atoms with Crippen LogP contribution in [0, 0.1) is 11.8 Å². The summed E-state index contributed by atoms with van der Waals surface area (Å²) in [7, 11) is 0. The van der Waals surface area contributed by atoms with E-state index in [0.717, 1.165) is 18.8 Å². The van der Waals surface area contributed by atoms with Gasteiger partial charge in [0, 0.05) is 55.1 Å². The summed E-state index contributed by atoms with van der Waals surface area (Å²) in [6.45, 7) is 6.91. The van der Waals surface area contributed by atoms with E-state index in [4.69, 9.17) is 9.47 Å². The number of hydrogen-bond donors (Lipinski definition) is 3. The number of thioether (sulfide) groups is 1. The summed E-state index contributed by atoms with van der Waals surface area (Å²) in [5, 5.41) is 15.5. The smallest absolute Gasteiger partial charge is 0.244 e. The molecule has 4 aliphatic heterocycles. The number of benzene rings is 1. The molecule has 2 bridgehead atoms. The number of fused-ring (bicyclic) bond motifs is 1. The van der Waals surface area contributed by atoms with Gasteiger partial charge in [0.05, 0.1) is 36.4 Å². The number of halogens is 1. The van der Waals surface area contributed by atoms with Crippen LogP contribution in [0.1, 0.15) is 19.8 Å². The van der Waals surface area contributed by atoms with Crippen LogP contribution >= 0.6 is 27.7 Å². The predicted octanol–water partition coefficient (Wildman–Crippen LogP) is 1.32. The van der Waals surface area contributed by atoms with Gasteiger partial charge in [-0.2, -0.15) is 0 Å². The van der Waals surface area contributed by atoms with Crippen molar-refractivity contribution in [2.45, 2.75) is 40.6 Å². The molecule has 3 N–H and O–H groups in total. The van der Waals surface area contributed by atoms with Crippen LogP contribution in [0.5, 0.6) is 5.75 Å². The highest BCUT2D eigenvalue weighted by Gasteiger charge is 2.75. The fourth-order valence-electron chi connectivity index (χ4n) is 6.50. The molecule has 5 rings (SSSR count). The van der Waals surface area contributed by atoms with E-state index in [-0.39, 0.29) is 41.0 Å². The average molecular weight is 626 g/mol. The van der Waals surface area contributed by atoms with Gasteiger partial charge >= 0.3 is 0 Å². The van der Waals surface area contributed by atoms with Crippen LogP contribution in [-0.2, 0) is 19.1 Å². The van der Waals surface area contributed by atoms with E-state index < -0.39 is 22.6 Å². The lowest BCUT2D eigenvalue weighted by Gasteiger charge is -2.35. The molecule has 4 heterocycles. The van der Waals surface area contributed by atoms with Gasteiger partial charge in [-0.15, -0.1) is 11.8 Å². The van der Waals surface area contributed by atoms with Crippen LogP contribution in [0.4, 0.5) is 5.69 Å². The molecule has 4 fully saturated rings. The molecule has 0 saturated carbocycles. The minimum Gasteiger partial charge on any atom is -0.494 e. The Morgan fingerprint density at radius 1 is 1.21 bits per heavy atom. The standard InChI is InChI=1S/C27H37BrN4O6S/c1-2-38-18-6-4-17(5-7-18)30-24(34)20-21-26(36)32(9-3-13-33)23(27(21)16-19(28)22(20)39-27)25(35)29-8-10-31-11-14-37-15-12-31/h4-7,19-23,33H,2-3,8-16H2,1H3,(H,29,35)(H,30,34)/t19?,20-,21+,22-,23?,27?/m1/s1. The van der Waals surface area contributed by atoms with Crippen molar-refractivity contribution in [2.24, 2.45) is 11.8 Å². The molecular formula is C27H37BrN4O6S. The van der Waals surface area contributed by atoms with E-state index in [9.17, 15) is 19.5 Å². The third-order valence-electron chi connectivity index (χ3n) is 8.16. The minimum absolute atomic E-state index is 0.00377. The summed E-state index contributed by atoms with van der Waals surface area (Å²) in [5.74, 6) is -1.02. The lowest BCUT2D eigenvalue weighted by atomic mass is 9.70. The molecule has 1 aromatic carbocycles. The van der Waals surface area contributed by atoms with Crippen molar-refractivity contribution in [1.82, 2.24) is 15.1 Å². The molecule has 0 radical (unpaired) electrons. The summed E-state index contributed by atoms with van der Waals surface area (Å²) in [5.41, 5.74) is 0.636. The van der Waals surface area contributed by atoms with Crippen LogP contribution in [0.2, 0.25) is 0 Å². The van der Waals surface area contributed by atoms with Gasteiger partial charge in [0.15, 0.2) is 0 Å². The van der Waals surface area contributed by atoms with E-state index in [2.05, 4.69) is 31.5 Å². The van der Waals surface area contributed by atoms with Gasteiger partial charge in [0.1, 0.15) is 11.8 Å². The summed E-state index contributed by atoms with van der Waals surface area (Å²) in [6.07, 6.45) is 1.00. The van der Waals surface area contributed by atoms with E-state index in [1.807, 2.05) is 6.92 Å². The van der Waals surface area contributed by atoms with Crippen LogP contribution < -0.4 is 15.4 Å². The first-order valence-corrected chi connectivity index (χ1v) is 15.5. The first-order chi connectivity index (χ1) is 18.9. The van der Waals surface area contributed by atoms with Crippen LogP contribution in [0.15, 0.2) is 24.3 Å². The summed E-state index contributed by atoms with van der Waals surface area (Å²) in [4.78, 5) is 45.2. The lowest BCUT2D eigenvalue weighted by molar-refractivity contribution is -0.139. The monoisotopic (exact) mass is 624 g/mol. The number of aliphatic hydroxyl groups is 1. The SMILES string of the molecule is CCOc1ccc(NC(=O)[C@H]2[C@@H]3SC4(CC3Br)C(C(=O)NCCN3CCOCC3)N(CCCO)C(=O)[C@H]24)cc1. The van der Waals surface area contributed by atoms with Gasteiger partial charge in [0.25, 0.3) is 0 Å². The number of amides is 3. The normalized spacial score (nSPS) is 31.8. The van der Waals surface area contributed by atoms with Crippen LogP contribution in [-0.4, -0.2) is 113 Å². The number of nitrogens with zero attached hydrogens (tertiary/aromatic N) is 2. The molecule has 1 spiro atoms. The molecule has 0 aromatic heterocycles. The van der Waals surface area contributed by atoms with Crippen molar-refractivity contribution in [3.8, 4) is 5.75 Å². The number of likely N-dealkylation sites (tertiary alicyclic amines) is 1. The molecule has 0 aliphatic carbocycles. The zero-order valence-corrected chi connectivity index (χ0v) is 24.5. The number of rotatable bonds is 11. The van der Waals surface area contributed by atoms with Crippen molar-refractivity contribution in [3.63, 3.8) is 0 Å². The van der Waals surface area contributed by atoms with Crippen LogP contribution in [0.3, 0.4) is 0 Å². The van der Waals surface area contributed by atoms with Crippen molar-refractivity contribution < 1.29 is 29.0 Å². The Labute approximate surface area is 241 Å². The Hall–Kier alpha value is -1.86. The molecule has 10 nitrogen and oxygen atoms in total. The highest BCUT2D eigenvalue weighted by atomic mass is 79.9. The third-order valence-corrected chi connectivity index (χ3v) is 11.4. The number of morpholine rings is 1. The maximum absolute atomic E-state index is 13.9. The van der Waals surface area contributed by atoms with Gasteiger partial charge in [-0.25, -0.2) is 0 Å². The highest BCUT2D eigenvalue weighted by Crippen LogP contribution is 2.67. The molecule has 3 unspecified atom stereocenters. The predicted molar refractivity (Wildman–Crippen MR) is 152 cm³/mol. The number of carbonyl (C=O) groups is 3. The number of nitrogens with one attached hydrogen (secondary N) is 2. The second-order valence-electron chi connectivity index (χ2n) is 10.5. The van der Waals surface area contributed by atoms with Gasteiger partial charge in [0.2, 0.25) is 17.7 Å². The second-order valence-corrected chi connectivity index (χ2v) is 13.2. The fourth-order valence-corrected chi connectivity index (χ4v) is 10.1. The maximum Gasteiger partial charge on any atom is 0.244 e. The summed E-state index contributed by atoms with van der Waals surface area (Å²) in [6, 6.07) is 6.50. The molecule has 39 heavy (non-hydrogen) atoms. The first-order valence-electron chi connectivity index (χ1n) is 13.7. The Morgan fingerprint density at radius 3 is 2.64 bits per heavy atom. The highest BCUT2D eigenvalue weighted by molar-refractivity contribution is 9.09. The lowest BCUT2D eigenvalue weighted by Crippen LogP contribution is -2.55. The molecule has 1 aromatic rings. The van der Waals surface area contributed by atoms with Crippen molar-refractivity contribution in [3.05, 3.63) is 24.3 Å². The van der Waals surface area contributed by atoms with Gasteiger partial charge in [-0.1, -0.05) is 15.9 Å². The first kappa shape index (κ1) is 28.7. The maximum atomic E-state index is 13.9. The van der Waals surface area contributed by atoms with Crippen molar-refractivity contribution in [2.75, 3.05) is 64.5 Å². The topological polar surface area (TPSA) is 120 Å². The summed E-state index contributed by atoms with van der Waals surface area (Å²) < 4.78 is 10.2. The Bertz CT molecular complexity index is 1060. The number of hydrogen-bond acceptors (Lipinski definition) is 8. The molecule has 4 aliphatic rings. The van der Waals surface area contributed by atoms with Gasteiger partial charge < -0.3 is 30.1 Å². The molecule has 3 amide bonds. The summed E-state index contributed by atoms with van der Waals surface area (Å²) >= 11 is 5.40. The molecule has 4 saturated heterocycles. The Kier molecular flexibility index (Phi) is 9.07. The van der Waals surface area contributed by atoms with E-state index in [0.29, 0.717) is 51.4 Å². The Morgan fingerprint density at radius 2 is 1.95 bits per heavy atom. The molecule has 12 heteroatoms. The van der Waals surface area contributed by atoms with E-state index in [1.54, 1.807) is 40.9 Å². The minimum atomic E-state index is -0.699. The van der Waals surface area contributed by atoms with Gasteiger partial charge in [-0.3, -0.25) is 19.3 Å². The number of aliphatic hydroxyl groups excluding tert-OH is 1. The third kappa shape index (κ3) is 5.55.